The minimum absolute atomic E-state index is 0.0857. The summed E-state index contributed by atoms with van der Waals surface area (Å²) in [6, 6.07) is 19.8. The lowest BCUT2D eigenvalue weighted by molar-refractivity contribution is -0.140. The highest BCUT2D eigenvalue weighted by Gasteiger charge is 2.46. The molecule has 0 radical (unpaired) electrons. The van der Waals surface area contributed by atoms with E-state index in [-0.39, 0.29) is 24.7 Å². The monoisotopic (exact) mass is 484 g/mol. The second kappa shape index (κ2) is 9.41. The largest absolute Gasteiger partial charge is 0.507 e. The fourth-order valence-corrected chi connectivity index (χ4v) is 4.63. The molecule has 2 aliphatic heterocycles. The third kappa shape index (κ3) is 4.17. The lowest BCUT2D eigenvalue weighted by Crippen LogP contribution is -2.29. The number of amides is 1. The van der Waals surface area contributed by atoms with Crippen LogP contribution in [0, 0.1) is 0 Å². The van der Waals surface area contributed by atoms with Gasteiger partial charge in [-0.1, -0.05) is 49.4 Å². The summed E-state index contributed by atoms with van der Waals surface area (Å²) in [6.07, 6.45) is 0.860. The molecule has 0 aliphatic carbocycles. The number of carbonyl (C=O) groups is 2. The molecule has 1 atom stereocenters. The molecule has 1 unspecified atom stereocenters. The Morgan fingerprint density at radius 1 is 0.944 bits per heavy atom. The molecule has 2 heterocycles. The minimum Gasteiger partial charge on any atom is -0.507 e. The maximum Gasteiger partial charge on any atom is 0.295 e. The van der Waals surface area contributed by atoms with Gasteiger partial charge in [0.15, 0.2) is 11.5 Å². The van der Waals surface area contributed by atoms with Gasteiger partial charge in [-0.15, -0.1) is 0 Å². The average molecular weight is 485 g/mol. The van der Waals surface area contributed by atoms with Crippen molar-refractivity contribution in [3.63, 3.8) is 0 Å². The fraction of sp³-hybridized carbons (Fsp3) is 0.241. The number of aliphatic hydroxyl groups is 1. The average Bonchev–Trinajstić information content (AvgIpc) is 3.46. The molecule has 1 N–H and O–H groups in total. The van der Waals surface area contributed by atoms with Gasteiger partial charge in [-0.2, -0.15) is 0 Å². The summed E-state index contributed by atoms with van der Waals surface area (Å²) in [5.41, 5.74) is 4.23. The third-order valence-corrected chi connectivity index (χ3v) is 6.69. The van der Waals surface area contributed by atoms with Crippen molar-refractivity contribution >= 4 is 23.1 Å². The van der Waals surface area contributed by atoms with Gasteiger partial charge in [-0.3, -0.25) is 9.59 Å². The number of benzene rings is 3. The number of fused-ring (bicyclic) bond motifs is 1. The zero-order chi connectivity index (χ0) is 25.4. The van der Waals surface area contributed by atoms with Gasteiger partial charge in [-0.25, -0.2) is 0 Å². The van der Waals surface area contributed by atoms with Crippen LogP contribution in [-0.2, 0) is 22.6 Å². The number of ketones is 1. The molecule has 184 valence electrons. The van der Waals surface area contributed by atoms with Crippen molar-refractivity contribution in [2.75, 3.05) is 25.8 Å². The van der Waals surface area contributed by atoms with Crippen LogP contribution in [0.1, 0.15) is 35.2 Å². The summed E-state index contributed by atoms with van der Waals surface area (Å²) >= 11 is 0. The van der Waals surface area contributed by atoms with E-state index in [1.165, 1.54) is 4.90 Å². The number of ether oxygens (including phenoxy) is 2. The van der Waals surface area contributed by atoms with Gasteiger partial charge in [0.1, 0.15) is 5.76 Å². The Labute approximate surface area is 210 Å². The normalized spacial score (nSPS) is 18.1. The van der Waals surface area contributed by atoms with Crippen LogP contribution in [0.5, 0.6) is 11.5 Å². The molecule has 1 fully saturated rings. The molecular weight excluding hydrogens is 456 g/mol. The topological polar surface area (TPSA) is 79.3 Å². The van der Waals surface area contributed by atoms with Gasteiger partial charge in [-0.05, 0) is 47.4 Å². The number of Topliss-reactive ketones (excluding diaryl/α,β-unsaturated/α-hetero) is 1. The minimum atomic E-state index is -0.738. The molecule has 1 saturated heterocycles. The Morgan fingerprint density at radius 3 is 2.28 bits per heavy atom. The molecule has 3 aromatic carbocycles. The molecule has 0 aromatic heterocycles. The van der Waals surface area contributed by atoms with Crippen molar-refractivity contribution in [2.24, 2.45) is 0 Å². The first-order chi connectivity index (χ1) is 17.4. The molecule has 0 bridgehead atoms. The van der Waals surface area contributed by atoms with E-state index in [0.717, 1.165) is 28.8 Å². The first-order valence-electron chi connectivity index (χ1n) is 11.9. The van der Waals surface area contributed by atoms with Gasteiger partial charge in [0.05, 0.1) is 11.6 Å². The van der Waals surface area contributed by atoms with E-state index in [1.54, 1.807) is 18.2 Å². The number of aliphatic hydroxyl groups excluding tert-OH is 1. The number of anilines is 1. The molecular formula is C29H28N2O5. The van der Waals surface area contributed by atoms with Gasteiger partial charge < -0.3 is 24.4 Å². The summed E-state index contributed by atoms with van der Waals surface area (Å²) < 4.78 is 10.9. The molecule has 5 rings (SSSR count). The van der Waals surface area contributed by atoms with Crippen LogP contribution < -0.4 is 14.4 Å². The molecule has 0 spiro atoms. The van der Waals surface area contributed by atoms with Crippen molar-refractivity contribution < 1.29 is 24.2 Å². The Morgan fingerprint density at radius 2 is 1.61 bits per heavy atom. The molecule has 3 aromatic rings. The van der Waals surface area contributed by atoms with Crippen LogP contribution in [0.3, 0.4) is 0 Å². The standard InChI is InChI=1S/C29H28N2O5/c1-4-18-5-8-21(9-6-18)27(32)25-26(20-10-12-22(13-11-20)30(2)3)31(29(34)28(25)33)16-19-7-14-23-24(15-19)36-17-35-23/h5-15,26,32H,4,16-17H2,1-3H3/b27-25+. The van der Waals surface area contributed by atoms with E-state index in [0.29, 0.717) is 17.1 Å². The third-order valence-electron chi connectivity index (χ3n) is 6.69. The molecule has 36 heavy (non-hydrogen) atoms. The van der Waals surface area contributed by atoms with Gasteiger partial charge in [0.2, 0.25) is 6.79 Å². The van der Waals surface area contributed by atoms with Crippen LogP contribution in [-0.4, -0.2) is 42.6 Å². The number of nitrogens with zero attached hydrogens (tertiary/aromatic N) is 2. The number of carbonyl (C=O) groups excluding carboxylic acids is 2. The predicted molar refractivity (Wildman–Crippen MR) is 137 cm³/mol. The maximum atomic E-state index is 13.3. The smallest absolute Gasteiger partial charge is 0.295 e. The highest BCUT2D eigenvalue weighted by atomic mass is 16.7. The van der Waals surface area contributed by atoms with E-state index in [4.69, 9.17) is 9.47 Å². The lowest BCUT2D eigenvalue weighted by Gasteiger charge is -2.26. The van der Waals surface area contributed by atoms with Crippen molar-refractivity contribution in [1.29, 1.82) is 0 Å². The number of likely N-dealkylation sites (tertiary alicyclic amines) is 1. The molecule has 1 amide bonds. The van der Waals surface area contributed by atoms with Crippen molar-refractivity contribution in [2.45, 2.75) is 25.9 Å². The number of hydrogen-bond donors (Lipinski definition) is 1. The van der Waals surface area contributed by atoms with Crippen molar-refractivity contribution in [1.82, 2.24) is 4.90 Å². The molecule has 2 aliphatic rings. The Bertz CT molecular complexity index is 1340. The number of rotatable bonds is 6. The fourth-order valence-electron chi connectivity index (χ4n) is 4.63. The van der Waals surface area contributed by atoms with E-state index in [9.17, 15) is 14.7 Å². The zero-order valence-corrected chi connectivity index (χ0v) is 20.5. The highest BCUT2D eigenvalue weighted by molar-refractivity contribution is 6.46. The van der Waals surface area contributed by atoms with Gasteiger partial charge >= 0.3 is 0 Å². The maximum absolute atomic E-state index is 13.3. The quantitative estimate of drug-likeness (QED) is 0.311. The number of aryl methyl sites for hydroxylation is 1. The lowest BCUT2D eigenvalue weighted by atomic mass is 9.94. The second-order valence-corrected chi connectivity index (χ2v) is 9.15. The summed E-state index contributed by atoms with van der Waals surface area (Å²) in [5.74, 6) is -0.277. The molecule has 7 heteroatoms. The summed E-state index contributed by atoms with van der Waals surface area (Å²) in [7, 11) is 3.89. The van der Waals surface area contributed by atoms with Crippen LogP contribution in [0.15, 0.2) is 72.3 Å². The summed E-state index contributed by atoms with van der Waals surface area (Å²) in [4.78, 5) is 30.1. The van der Waals surface area contributed by atoms with E-state index < -0.39 is 17.7 Å². The second-order valence-electron chi connectivity index (χ2n) is 9.15. The van der Waals surface area contributed by atoms with E-state index in [1.807, 2.05) is 74.4 Å². The Kier molecular flexibility index (Phi) is 6.14. The van der Waals surface area contributed by atoms with E-state index >= 15 is 0 Å². The SMILES string of the molecule is CCc1ccc(/C(O)=C2\C(=O)C(=O)N(Cc3ccc4c(c3)OCO4)C2c2ccc(N(C)C)cc2)cc1. The molecule has 0 saturated carbocycles. The highest BCUT2D eigenvalue weighted by Crippen LogP contribution is 2.41. The van der Waals surface area contributed by atoms with Crippen molar-refractivity contribution in [3.05, 3.63) is 94.6 Å². The van der Waals surface area contributed by atoms with Crippen LogP contribution in [0.25, 0.3) is 5.76 Å². The molecule has 7 nitrogen and oxygen atoms in total. The van der Waals surface area contributed by atoms with Gasteiger partial charge in [0.25, 0.3) is 11.7 Å². The summed E-state index contributed by atoms with van der Waals surface area (Å²) in [6.45, 7) is 2.37. The van der Waals surface area contributed by atoms with Crippen molar-refractivity contribution in [3.8, 4) is 11.5 Å². The van der Waals surface area contributed by atoms with E-state index in [2.05, 4.69) is 0 Å². The first kappa shape index (κ1) is 23.5. The van der Waals surface area contributed by atoms with Gasteiger partial charge in [0, 0.05) is 31.9 Å². The summed E-state index contributed by atoms with van der Waals surface area (Å²) in [5, 5.41) is 11.3. The van der Waals surface area contributed by atoms with Crippen LogP contribution in [0.2, 0.25) is 0 Å². The van der Waals surface area contributed by atoms with Crippen LogP contribution >= 0.6 is 0 Å². The predicted octanol–water partition coefficient (Wildman–Crippen LogP) is 4.67. The van der Waals surface area contributed by atoms with Crippen LogP contribution in [0.4, 0.5) is 5.69 Å². The zero-order valence-electron chi connectivity index (χ0n) is 20.5. The first-order valence-corrected chi connectivity index (χ1v) is 11.9. The number of hydrogen-bond acceptors (Lipinski definition) is 6. The Balaban J connectivity index is 1.59. The Hall–Kier alpha value is -4.26.